The van der Waals surface area contributed by atoms with E-state index in [1.807, 2.05) is 41.7 Å². The number of thiophene rings is 1. The molecule has 2 aliphatic heterocycles. The highest BCUT2D eigenvalue weighted by Crippen LogP contribution is 2.43. The van der Waals surface area contributed by atoms with Gasteiger partial charge in [-0.2, -0.15) is 0 Å². The van der Waals surface area contributed by atoms with Gasteiger partial charge in [0.25, 0.3) is 0 Å². The second-order valence-electron chi connectivity index (χ2n) is 8.93. The number of fused-ring (bicyclic) bond motifs is 4. The van der Waals surface area contributed by atoms with Gasteiger partial charge in [-0.1, -0.05) is 18.2 Å². The topological polar surface area (TPSA) is 55.1 Å². The summed E-state index contributed by atoms with van der Waals surface area (Å²) in [5.41, 5.74) is 2.23. The number of hydrogen-bond donors (Lipinski definition) is 1. The lowest BCUT2D eigenvalue weighted by atomic mass is 9.99. The largest absolute Gasteiger partial charge is 0.496 e. The van der Waals surface area contributed by atoms with Crippen molar-refractivity contribution in [2.45, 2.75) is 37.5 Å². The highest BCUT2D eigenvalue weighted by Gasteiger charge is 2.38. The second-order valence-corrected chi connectivity index (χ2v) is 10.0. The zero-order valence-corrected chi connectivity index (χ0v) is 19.4. The second kappa shape index (κ2) is 8.52. The van der Waals surface area contributed by atoms with E-state index in [4.69, 9.17) is 13.9 Å². The number of ether oxygens (including phenoxy) is 2. The number of furan rings is 1. The first kappa shape index (κ1) is 20.8. The van der Waals surface area contributed by atoms with E-state index in [9.17, 15) is 5.11 Å². The number of rotatable bonds is 7. The van der Waals surface area contributed by atoms with E-state index in [1.165, 1.54) is 27.0 Å². The lowest BCUT2D eigenvalue weighted by molar-refractivity contribution is 0.0551. The van der Waals surface area contributed by atoms with E-state index in [0.29, 0.717) is 18.6 Å². The molecule has 2 aliphatic rings. The van der Waals surface area contributed by atoms with Gasteiger partial charge < -0.3 is 19.0 Å². The van der Waals surface area contributed by atoms with Crippen molar-refractivity contribution < 1.29 is 19.0 Å². The molecule has 2 aromatic carbocycles. The van der Waals surface area contributed by atoms with Gasteiger partial charge in [0.05, 0.1) is 18.8 Å². The molecule has 2 bridgehead atoms. The molecule has 2 aromatic heterocycles. The maximum Gasteiger partial charge on any atom is 0.137 e. The molecular formula is C27H27NO4S. The molecule has 0 aliphatic carbocycles. The predicted molar refractivity (Wildman–Crippen MR) is 132 cm³/mol. The smallest absolute Gasteiger partial charge is 0.137 e. The minimum absolute atomic E-state index is 0.271. The number of methoxy groups -OCH3 is 1. The van der Waals surface area contributed by atoms with Gasteiger partial charge in [-0.05, 0) is 61.2 Å². The van der Waals surface area contributed by atoms with Gasteiger partial charge in [-0.3, -0.25) is 4.90 Å². The molecule has 0 saturated carbocycles. The Morgan fingerprint density at radius 3 is 2.88 bits per heavy atom. The highest BCUT2D eigenvalue weighted by molar-refractivity contribution is 7.20. The van der Waals surface area contributed by atoms with Crippen LogP contribution in [0.3, 0.4) is 0 Å². The third kappa shape index (κ3) is 3.82. The standard InChI is InChI=1S/C27H27NO4S/c1-30-23-4-3-7-26-22(23)14-27(33-26)17-12-18-8-9-19(13-17)28(18)15-20(29)16-32-25-6-2-5-24-21(25)10-11-31-24/h2-7,10-12,14,18-20,29H,8-9,13,15-16H2,1H3/t18?,19?,20-/m0/s1. The predicted octanol–water partition coefficient (Wildman–Crippen LogP) is 5.72. The summed E-state index contributed by atoms with van der Waals surface area (Å²) in [4.78, 5) is 3.80. The van der Waals surface area contributed by atoms with Crippen LogP contribution in [0.25, 0.3) is 26.6 Å². The minimum atomic E-state index is -0.543. The van der Waals surface area contributed by atoms with Crippen molar-refractivity contribution in [3.63, 3.8) is 0 Å². The van der Waals surface area contributed by atoms with Gasteiger partial charge in [0, 0.05) is 33.6 Å². The summed E-state index contributed by atoms with van der Waals surface area (Å²) in [6, 6.07) is 17.0. The van der Waals surface area contributed by atoms with Crippen molar-refractivity contribution in [2.75, 3.05) is 20.3 Å². The summed E-state index contributed by atoms with van der Waals surface area (Å²) in [5, 5.41) is 12.9. The van der Waals surface area contributed by atoms with Crippen LogP contribution in [0.2, 0.25) is 0 Å². The van der Waals surface area contributed by atoms with E-state index in [2.05, 4.69) is 29.2 Å². The molecule has 0 radical (unpaired) electrons. The number of aliphatic hydroxyl groups is 1. The Morgan fingerprint density at radius 1 is 1.12 bits per heavy atom. The van der Waals surface area contributed by atoms with E-state index in [0.717, 1.165) is 35.3 Å². The third-order valence-electron chi connectivity index (χ3n) is 6.91. The fraction of sp³-hybridized carbons (Fsp3) is 0.333. The molecule has 2 unspecified atom stereocenters. The van der Waals surface area contributed by atoms with Crippen LogP contribution in [-0.4, -0.2) is 48.5 Å². The monoisotopic (exact) mass is 461 g/mol. The van der Waals surface area contributed by atoms with Gasteiger partial charge in [-0.25, -0.2) is 0 Å². The molecule has 1 fully saturated rings. The zero-order valence-electron chi connectivity index (χ0n) is 18.6. The van der Waals surface area contributed by atoms with Crippen LogP contribution in [0.15, 0.2) is 65.3 Å². The Balaban J connectivity index is 1.15. The maximum atomic E-state index is 10.8. The molecule has 3 atom stereocenters. The minimum Gasteiger partial charge on any atom is -0.496 e. The molecule has 1 N–H and O–H groups in total. The summed E-state index contributed by atoms with van der Waals surface area (Å²) in [6.07, 6.45) is 6.87. The molecule has 0 spiro atoms. The lowest BCUT2D eigenvalue weighted by Crippen LogP contribution is -2.44. The van der Waals surface area contributed by atoms with Gasteiger partial charge in [0.15, 0.2) is 0 Å². The summed E-state index contributed by atoms with van der Waals surface area (Å²) in [6.45, 7) is 0.896. The SMILES string of the molecule is COc1cccc2sc(C3=CC4CCC(C3)N4C[C@H](O)COc3cccc4occc34)cc12. The quantitative estimate of drug-likeness (QED) is 0.382. The first-order chi connectivity index (χ1) is 16.2. The molecule has 33 heavy (non-hydrogen) atoms. The summed E-state index contributed by atoms with van der Waals surface area (Å²) < 4.78 is 18.2. The van der Waals surface area contributed by atoms with Crippen LogP contribution in [0, 0.1) is 0 Å². The molecule has 4 aromatic rings. The van der Waals surface area contributed by atoms with Gasteiger partial charge in [-0.15, -0.1) is 11.3 Å². The van der Waals surface area contributed by atoms with E-state index in [1.54, 1.807) is 13.4 Å². The number of aliphatic hydroxyl groups excluding tert-OH is 1. The Bertz CT molecular complexity index is 1320. The van der Waals surface area contributed by atoms with Crippen molar-refractivity contribution in [3.05, 3.63) is 65.7 Å². The first-order valence-electron chi connectivity index (χ1n) is 11.5. The first-order valence-corrected chi connectivity index (χ1v) is 12.3. The van der Waals surface area contributed by atoms with Crippen molar-refractivity contribution in [2.24, 2.45) is 0 Å². The molecule has 4 heterocycles. The van der Waals surface area contributed by atoms with Crippen molar-refractivity contribution >= 4 is 38.0 Å². The van der Waals surface area contributed by atoms with Gasteiger partial charge >= 0.3 is 0 Å². The number of benzene rings is 2. The summed E-state index contributed by atoms with van der Waals surface area (Å²) in [5.74, 6) is 1.69. The average molecular weight is 462 g/mol. The Morgan fingerprint density at radius 2 is 2.00 bits per heavy atom. The maximum absolute atomic E-state index is 10.8. The average Bonchev–Trinajstić information content (AvgIpc) is 3.53. The third-order valence-corrected chi connectivity index (χ3v) is 8.08. The Labute approximate surface area is 196 Å². The summed E-state index contributed by atoms with van der Waals surface area (Å²) in [7, 11) is 1.73. The van der Waals surface area contributed by atoms with Crippen LogP contribution in [0.5, 0.6) is 11.5 Å². The number of nitrogens with zero attached hydrogens (tertiary/aromatic N) is 1. The van der Waals surface area contributed by atoms with Crippen molar-refractivity contribution in [3.8, 4) is 11.5 Å². The molecular weight excluding hydrogens is 434 g/mol. The summed E-state index contributed by atoms with van der Waals surface area (Å²) >= 11 is 1.84. The lowest BCUT2D eigenvalue weighted by Gasteiger charge is -2.35. The van der Waals surface area contributed by atoms with Crippen LogP contribution in [-0.2, 0) is 0 Å². The molecule has 170 valence electrons. The molecule has 0 amide bonds. The van der Waals surface area contributed by atoms with Crippen LogP contribution in [0.4, 0.5) is 0 Å². The van der Waals surface area contributed by atoms with Gasteiger partial charge in [0.2, 0.25) is 0 Å². The van der Waals surface area contributed by atoms with Crippen LogP contribution < -0.4 is 9.47 Å². The Kier molecular flexibility index (Phi) is 5.37. The van der Waals surface area contributed by atoms with E-state index >= 15 is 0 Å². The fourth-order valence-corrected chi connectivity index (χ4v) is 6.44. The number of hydrogen-bond acceptors (Lipinski definition) is 6. The van der Waals surface area contributed by atoms with Crippen LogP contribution in [0.1, 0.15) is 24.1 Å². The zero-order chi connectivity index (χ0) is 22.4. The van der Waals surface area contributed by atoms with Crippen molar-refractivity contribution in [1.82, 2.24) is 4.90 Å². The van der Waals surface area contributed by atoms with Crippen molar-refractivity contribution in [1.29, 1.82) is 0 Å². The van der Waals surface area contributed by atoms with E-state index in [-0.39, 0.29) is 6.61 Å². The molecule has 1 saturated heterocycles. The molecule has 6 heteroatoms. The molecule has 5 nitrogen and oxygen atoms in total. The van der Waals surface area contributed by atoms with Crippen LogP contribution >= 0.6 is 11.3 Å². The Hall–Kier alpha value is -2.80. The molecule has 6 rings (SSSR count). The normalized spacial score (nSPS) is 21.5. The highest BCUT2D eigenvalue weighted by atomic mass is 32.1. The van der Waals surface area contributed by atoms with Gasteiger partial charge in [0.1, 0.15) is 29.8 Å². The van der Waals surface area contributed by atoms with E-state index < -0.39 is 6.10 Å². The fourth-order valence-electron chi connectivity index (χ4n) is 5.33.